The van der Waals surface area contributed by atoms with Gasteiger partial charge in [-0.1, -0.05) is 23.4 Å². The molecule has 3 aromatic rings. The van der Waals surface area contributed by atoms with Crippen molar-refractivity contribution in [2.75, 3.05) is 12.3 Å². The SMILES string of the molecule is Cc1cc(N)sc1-c1nc(CCOc2ccccc2)no1. The molecular weight excluding hydrogens is 286 g/mol. The minimum absolute atomic E-state index is 0.508. The molecule has 3 rings (SSSR count). The third-order valence-electron chi connectivity index (χ3n) is 2.94. The summed E-state index contributed by atoms with van der Waals surface area (Å²) in [6.45, 7) is 2.49. The lowest BCUT2D eigenvalue weighted by atomic mass is 10.3. The molecule has 2 N–H and O–H groups in total. The highest BCUT2D eigenvalue weighted by Gasteiger charge is 2.14. The first kappa shape index (κ1) is 13.6. The van der Waals surface area contributed by atoms with Crippen LogP contribution in [0.15, 0.2) is 40.9 Å². The largest absolute Gasteiger partial charge is 0.493 e. The number of ether oxygens (including phenoxy) is 1. The van der Waals surface area contributed by atoms with E-state index in [0.29, 0.717) is 24.7 Å². The fourth-order valence-electron chi connectivity index (χ4n) is 1.94. The fraction of sp³-hybridized carbons (Fsp3) is 0.200. The van der Waals surface area contributed by atoms with E-state index < -0.39 is 0 Å². The van der Waals surface area contributed by atoms with Crippen LogP contribution in [0.4, 0.5) is 5.00 Å². The number of thiophene rings is 1. The molecule has 0 radical (unpaired) electrons. The smallest absolute Gasteiger partial charge is 0.268 e. The van der Waals surface area contributed by atoms with Crippen LogP contribution in [0.1, 0.15) is 11.4 Å². The summed E-state index contributed by atoms with van der Waals surface area (Å²) < 4.78 is 10.9. The van der Waals surface area contributed by atoms with Crippen molar-refractivity contribution in [1.29, 1.82) is 0 Å². The number of hydrogen-bond donors (Lipinski definition) is 1. The molecule has 5 nitrogen and oxygen atoms in total. The zero-order chi connectivity index (χ0) is 14.7. The van der Waals surface area contributed by atoms with E-state index in [1.807, 2.05) is 43.3 Å². The molecule has 0 atom stereocenters. The number of hydrogen-bond acceptors (Lipinski definition) is 6. The van der Waals surface area contributed by atoms with E-state index in [1.54, 1.807) is 0 Å². The number of benzene rings is 1. The van der Waals surface area contributed by atoms with Crippen molar-refractivity contribution in [2.24, 2.45) is 0 Å². The summed E-state index contributed by atoms with van der Waals surface area (Å²) in [5, 5.41) is 4.72. The predicted molar refractivity (Wildman–Crippen MR) is 82.4 cm³/mol. The Kier molecular flexibility index (Phi) is 3.87. The van der Waals surface area contributed by atoms with Gasteiger partial charge in [-0.3, -0.25) is 0 Å². The maximum absolute atomic E-state index is 5.78. The summed E-state index contributed by atoms with van der Waals surface area (Å²) in [7, 11) is 0. The Hall–Kier alpha value is -2.34. The Balaban J connectivity index is 1.62. The molecule has 6 heteroatoms. The highest BCUT2D eigenvalue weighted by atomic mass is 32.1. The van der Waals surface area contributed by atoms with E-state index in [-0.39, 0.29) is 0 Å². The molecule has 108 valence electrons. The lowest BCUT2D eigenvalue weighted by Crippen LogP contribution is -2.02. The number of nitrogens with two attached hydrogens (primary N) is 1. The Morgan fingerprint density at radius 1 is 1.29 bits per heavy atom. The molecule has 0 fully saturated rings. The molecule has 0 saturated heterocycles. The quantitative estimate of drug-likeness (QED) is 0.782. The van der Waals surface area contributed by atoms with Crippen LogP contribution in [0.3, 0.4) is 0 Å². The van der Waals surface area contributed by atoms with Crippen LogP contribution in [0.2, 0.25) is 0 Å². The van der Waals surface area contributed by atoms with Crippen molar-refractivity contribution in [3.05, 3.63) is 47.8 Å². The number of para-hydroxylation sites is 1. The summed E-state index contributed by atoms with van der Waals surface area (Å²) in [5.41, 5.74) is 6.83. The molecule has 0 amide bonds. The second-order valence-corrected chi connectivity index (χ2v) is 5.67. The second-order valence-electron chi connectivity index (χ2n) is 4.59. The van der Waals surface area contributed by atoms with Gasteiger partial charge in [-0.25, -0.2) is 0 Å². The van der Waals surface area contributed by atoms with Gasteiger partial charge in [0.25, 0.3) is 5.89 Å². The lowest BCUT2D eigenvalue weighted by molar-refractivity contribution is 0.315. The number of rotatable bonds is 5. The van der Waals surface area contributed by atoms with Crippen LogP contribution in [0.25, 0.3) is 10.8 Å². The van der Waals surface area contributed by atoms with E-state index in [4.69, 9.17) is 15.0 Å². The van der Waals surface area contributed by atoms with Crippen molar-refractivity contribution in [3.8, 4) is 16.5 Å². The van der Waals surface area contributed by atoms with E-state index >= 15 is 0 Å². The molecule has 0 aliphatic rings. The van der Waals surface area contributed by atoms with Gasteiger partial charge in [0.1, 0.15) is 5.75 Å². The van der Waals surface area contributed by atoms with Crippen molar-refractivity contribution >= 4 is 16.3 Å². The standard InChI is InChI=1S/C15H15N3O2S/c1-10-9-12(16)21-14(10)15-17-13(18-20-15)7-8-19-11-5-3-2-4-6-11/h2-6,9H,7-8,16H2,1H3. The van der Waals surface area contributed by atoms with Crippen molar-refractivity contribution in [3.63, 3.8) is 0 Å². The van der Waals surface area contributed by atoms with E-state index in [1.165, 1.54) is 11.3 Å². The van der Waals surface area contributed by atoms with Crippen LogP contribution < -0.4 is 10.5 Å². The van der Waals surface area contributed by atoms with Crippen molar-refractivity contribution in [2.45, 2.75) is 13.3 Å². The number of nitrogens with zero attached hydrogens (tertiary/aromatic N) is 2. The molecule has 21 heavy (non-hydrogen) atoms. The molecule has 0 bridgehead atoms. The number of aryl methyl sites for hydroxylation is 1. The summed E-state index contributed by atoms with van der Waals surface area (Å²) in [5.74, 6) is 1.99. The van der Waals surface area contributed by atoms with Gasteiger partial charge in [0.05, 0.1) is 16.5 Å². The molecule has 0 unspecified atom stereocenters. The Morgan fingerprint density at radius 2 is 2.10 bits per heavy atom. The van der Waals surface area contributed by atoms with Crippen LogP contribution in [-0.4, -0.2) is 16.7 Å². The van der Waals surface area contributed by atoms with Crippen LogP contribution >= 0.6 is 11.3 Å². The van der Waals surface area contributed by atoms with Gasteiger partial charge >= 0.3 is 0 Å². The first-order chi connectivity index (χ1) is 10.2. The predicted octanol–water partition coefficient (Wildman–Crippen LogP) is 3.31. The van der Waals surface area contributed by atoms with Crippen molar-refractivity contribution in [1.82, 2.24) is 10.1 Å². The van der Waals surface area contributed by atoms with Crippen molar-refractivity contribution < 1.29 is 9.26 Å². The molecule has 0 aliphatic heterocycles. The third kappa shape index (κ3) is 3.22. The average molecular weight is 301 g/mol. The minimum atomic E-state index is 0.508. The van der Waals surface area contributed by atoms with Crippen LogP contribution in [0.5, 0.6) is 5.75 Å². The van der Waals surface area contributed by atoms with Gasteiger partial charge < -0.3 is 15.0 Å². The average Bonchev–Trinajstić information content (AvgIpc) is 3.06. The molecule has 2 aromatic heterocycles. The Bertz CT molecular complexity index is 722. The zero-order valence-electron chi connectivity index (χ0n) is 11.6. The monoisotopic (exact) mass is 301 g/mol. The van der Waals surface area contributed by atoms with Gasteiger partial charge in [0.15, 0.2) is 5.82 Å². The molecule has 0 spiro atoms. The molecule has 1 aromatic carbocycles. The first-order valence-corrected chi connectivity index (χ1v) is 7.41. The second kappa shape index (κ2) is 5.97. The van der Waals surface area contributed by atoms with Crippen LogP contribution in [-0.2, 0) is 6.42 Å². The van der Waals surface area contributed by atoms with E-state index in [9.17, 15) is 0 Å². The molecule has 2 heterocycles. The summed E-state index contributed by atoms with van der Waals surface area (Å²) >= 11 is 1.45. The van der Waals surface area contributed by atoms with E-state index in [0.717, 1.165) is 21.2 Å². The molecular formula is C15H15N3O2S. The lowest BCUT2D eigenvalue weighted by Gasteiger charge is -2.02. The summed E-state index contributed by atoms with van der Waals surface area (Å²) in [4.78, 5) is 5.31. The normalized spacial score (nSPS) is 10.7. The highest BCUT2D eigenvalue weighted by Crippen LogP contribution is 2.32. The van der Waals surface area contributed by atoms with Gasteiger partial charge in [0.2, 0.25) is 0 Å². The minimum Gasteiger partial charge on any atom is -0.493 e. The van der Waals surface area contributed by atoms with Gasteiger partial charge in [-0.2, -0.15) is 4.98 Å². The third-order valence-corrected chi connectivity index (χ3v) is 3.99. The fourth-order valence-corrected chi connectivity index (χ4v) is 2.81. The number of aromatic nitrogens is 2. The van der Waals surface area contributed by atoms with Gasteiger partial charge in [-0.05, 0) is 30.7 Å². The molecule has 0 saturated carbocycles. The highest BCUT2D eigenvalue weighted by molar-refractivity contribution is 7.19. The topological polar surface area (TPSA) is 74.2 Å². The summed E-state index contributed by atoms with van der Waals surface area (Å²) in [6, 6.07) is 11.6. The van der Waals surface area contributed by atoms with Crippen LogP contribution in [0, 0.1) is 6.92 Å². The first-order valence-electron chi connectivity index (χ1n) is 6.59. The van der Waals surface area contributed by atoms with Gasteiger partial charge in [0, 0.05) is 6.42 Å². The number of anilines is 1. The summed E-state index contributed by atoms with van der Waals surface area (Å²) in [6.07, 6.45) is 0.596. The maximum Gasteiger partial charge on any atom is 0.268 e. The maximum atomic E-state index is 5.78. The number of nitrogen functional groups attached to an aromatic ring is 1. The Labute approximate surface area is 126 Å². The van der Waals surface area contributed by atoms with E-state index in [2.05, 4.69) is 10.1 Å². The Morgan fingerprint density at radius 3 is 2.81 bits per heavy atom. The zero-order valence-corrected chi connectivity index (χ0v) is 12.4. The molecule has 0 aliphatic carbocycles. The van der Waals surface area contributed by atoms with Gasteiger partial charge in [-0.15, -0.1) is 11.3 Å².